The first-order valence-electron chi connectivity index (χ1n) is 10.8. The number of alkyl halides is 2. The van der Waals surface area contributed by atoms with Crippen LogP contribution in [0.3, 0.4) is 0 Å². The Labute approximate surface area is 181 Å². The van der Waals surface area contributed by atoms with E-state index in [1.54, 1.807) is 12.5 Å². The maximum atomic E-state index is 14.1. The molecule has 0 aromatic carbocycles. The van der Waals surface area contributed by atoms with Crippen LogP contribution >= 0.6 is 0 Å². The van der Waals surface area contributed by atoms with Gasteiger partial charge in [-0.05, 0) is 26.3 Å². The summed E-state index contributed by atoms with van der Waals surface area (Å²) < 4.78 is 33.2. The summed E-state index contributed by atoms with van der Waals surface area (Å²) in [5.74, 6) is -2.24. The molecule has 2 aromatic heterocycles. The number of pyridine rings is 1. The van der Waals surface area contributed by atoms with Crippen molar-refractivity contribution in [1.82, 2.24) is 19.9 Å². The lowest BCUT2D eigenvalue weighted by Gasteiger charge is -2.32. The summed E-state index contributed by atoms with van der Waals surface area (Å²) in [6, 6.07) is 2.34. The van der Waals surface area contributed by atoms with E-state index in [9.17, 15) is 8.78 Å². The monoisotopic (exact) mass is 432 g/mol. The molecule has 4 rings (SSSR count). The Kier molecular flexibility index (Phi) is 5.96. The third-order valence-electron chi connectivity index (χ3n) is 6.16. The Hall–Kier alpha value is -2.55. The van der Waals surface area contributed by atoms with Crippen LogP contribution in [0.25, 0.3) is 0 Å². The van der Waals surface area contributed by atoms with E-state index in [1.165, 1.54) is 13.2 Å². The van der Waals surface area contributed by atoms with E-state index in [4.69, 9.17) is 4.74 Å². The summed E-state index contributed by atoms with van der Waals surface area (Å²) in [5.41, 5.74) is 2.47. The zero-order valence-electron chi connectivity index (χ0n) is 18.5. The number of rotatable bonds is 6. The number of hydrogen-bond donors (Lipinski definition) is 1. The lowest BCUT2D eigenvalue weighted by molar-refractivity contribution is 0.0145. The highest BCUT2D eigenvalue weighted by Gasteiger charge is 2.32. The summed E-state index contributed by atoms with van der Waals surface area (Å²) in [6.45, 7) is 8.56. The first-order chi connectivity index (χ1) is 14.8. The molecule has 1 N–H and O–H groups in total. The molecule has 31 heavy (non-hydrogen) atoms. The van der Waals surface area contributed by atoms with Crippen LogP contribution in [0.1, 0.15) is 44.0 Å². The minimum atomic E-state index is -3.04. The van der Waals surface area contributed by atoms with Crippen molar-refractivity contribution in [2.24, 2.45) is 0 Å². The quantitative estimate of drug-likeness (QED) is 0.750. The molecule has 1 atom stereocenters. The van der Waals surface area contributed by atoms with Crippen molar-refractivity contribution in [1.29, 1.82) is 0 Å². The minimum absolute atomic E-state index is 0.0460. The van der Waals surface area contributed by atoms with Crippen molar-refractivity contribution in [3.05, 3.63) is 35.4 Å². The number of fused-ring (bicyclic) bond motifs is 1. The number of halogens is 2. The molecule has 0 amide bonds. The van der Waals surface area contributed by atoms with Crippen LogP contribution in [0.2, 0.25) is 0 Å². The Morgan fingerprint density at radius 3 is 2.71 bits per heavy atom. The van der Waals surface area contributed by atoms with Crippen molar-refractivity contribution < 1.29 is 13.5 Å². The van der Waals surface area contributed by atoms with Gasteiger partial charge in [0.05, 0.1) is 30.3 Å². The molecule has 2 aromatic rings. The molecule has 2 aliphatic rings. The van der Waals surface area contributed by atoms with Gasteiger partial charge in [-0.25, -0.2) is 23.7 Å². The number of likely N-dealkylation sites (tertiary alicyclic amines) is 1. The minimum Gasteiger partial charge on any atom is -0.481 e. The van der Waals surface area contributed by atoms with Crippen LogP contribution in [0, 0.1) is 0 Å². The van der Waals surface area contributed by atoms with Crippen LogP contribution in [0.15, 0.2) is 18.6 Å². The third kappa shape index (κ3) is 4.56. The van der Waals surface area contributed by atoms with Gasteiger partial charge in [0.15, 0.2) is 0 Å². The Bertz CT molecular complexity index is 933. The number of aromatic nitrogens is 3. The van der Waals surface area contributed by atoms with E-state index < -0.39 is 5.92 Å². The van der Waals surface area contributed by atoms with Crippen molar-refractivity contribution in [3.8, 4) is 5.88 Å². The molecule has 2 aliphatic heterocycles. The maximum Gasteiger partial charge on any atom is 0.275 e. The summed E-state index contributed by atoms with van der Waals surface area (Å²) in [7, 11) is 1.35. The first-order valence-corrected chi connectivity index (χ1v) is 10.8. The predicted octanol–water partition coefficient (Wildman–Crippen LogP) is 3.45. The smallest absolute Gasteiger partial charge is 0.275 e. The van der Waals surface area contributed by atoms with Gasteiger partial charge in [0, 0.05) is 57.2 Å². The molecule has 0 unspecified atom stereocenters. The predicted molar refractivity (Wildman–Crippen MR) is 116 cm³/mol. The highest BCUT2D eigenvalue weighted by Crippen LogP contribution is 2.37. The Morgan fingerprint density at radius 1 is 1.23 bits per heavy atom. The average Bonchev–Trinajstić information content (AvgIpc) is 3.21. The largest absolute Gasteiger partial charge is 0.481 e. The van der Waals surface area contributed by atoms with E-state index in [2.05, 4.69) is 39.0 Å². The van der Waals surface area contributed by atoms with Crippen LogP contribution in [0.5, 0.6) is 5.88 Å². The molecule has 7 nitrogen and oxygen atoms in total. The topological polar surface area (TPSA) is 66.4 Å². The summed E-state index contributed by atoms with van der Waals surface area (Å²) in [4.78, 5) is 17.6. The fourth-order valence-electron chi connectivity index (χ4n) is 4.34. The van der Waals surface area contributed by atoms with Gasteiger partial charge in [-0.1, -0.05) is 0 Å². The molecular formula is C22H30F2N6O. The van der Waals surface area contributed by atoms with Crippen LogP contribution in [0.4, 0.5) is 20.3 Å². The van der Waals surface area contributed by atoms with Gasteiger partial charge in [0.1, 0.15) is 12.1 Å². The second-order valence-electron chi connectivity index (χ2n) is 8.68. The summed E-state index contributed by atoms with van der Waals surface area (Å²) in [5, 5.41) is 3.60. The lowest BCUT2D eigenvalue weighted by Crippen LogP contribution is -2.34. The number of nitrogens with zero attached hydrogens (tertiary/aromatic N) is 5. The molecule has 4 heterocycles. The molecular weight excluding hydrogens is 402 g/mol. The zero-order valence-corrected chi connectivity index (χ0v) is 18.5. The second-order valence-corrected chi connectivity index (χ2v) is 8.68. The molecule has 1 saturated heterocycles. The van der Waals surface area contributed by atoms with Gasteiger partial charge >= 0.3 is 0 Å². The Morgan fingerprint density at radius 2 is 2.03 bits per heavy atom. The Balaban J connectivity index is 1.56. The van der Waals surface area contributed by atoms with Gasteiger partial charge in [0.2, 0.25) is 5.88 Å². The fourth-order valence-corrected chi connectivity index (χ4v) is 4.34. The van der Waals surface area contributed by atoms with Gasteiger partial charge in [-0.3, -0.25) is 4.90 Å². The SMILES string of the molecule is COc1ncc(N2CCc3ncnc(N[C@H]4CCN(C(C)C)C4)c3C2)cc1C(C)(F)F. The highest BCUT2D eigenvalue weighted by molar-refractivity contribution is 5.56. The van der Waals surface area contributed by atoms with Crippen molar-refractivity contribution in [2.45, 2.75) is 58.2 Å². The van der Waals surface area contributed by atoms with E-state index in [0.29, 0.717) is 30.9 Å². The fraction of sp³-hybridized carbons (Fsp3) is 0.591. The van der Waals surface area contributed by atoms with Crippen molar-refractivity contribution >= 4 is 11.5 Å². The standard InChI is InChI=1S/C22H30F2N6O/c1-14(2)29-7-5-15(11-29)28-20-17-12-30(8-6-19(17)26-13-27-20)16-9-18(22(3,23)24)21(31-4)25-10-16/h9-10,13-15H,5-8,11-12H2,1-4H3,(H,26,27,28)/t15-/m0/s1. The number of ether oxygens (including phenoxy) is 1. The second kappa shape index (κ2) is 8.53. The molecule has 1 fully saturated rings. The van der Waals surface area contributed by atoms with Gasteiger partial charge in [-0.2, -0.15) is 0 Å². The van der Waals surface area contributed by atoms with E-state index in [1.807, 2.05) is 4.90 Å². The maximum absolute atomic E-state index is 14.1. The van der Waals surface area contributed by atoms with Gasteiger partial charge < -0.3 is 15.0 Å². The van der Waals surface area contributed by atoms with Crippen LogP contribution < -0.4 is 15.0 Å². The molecule has 0 radical (unpaired) electrons. The number of nitrogens with one attached hydrogen (secondary N) is 1. The molecule has 9 heteroatoms. The normalized spacial score (nSPS) is 19.6. The van der Waals surface area contributed by atoms with Crippen molar-refractivity contribution in [2.75, 3.05) is 37.0 Å². The molecule has 0 saturated carbocycles. The molecule has 0 aliphatic carbocycles. The summed E-state index contributed by atoms with van der Waals surface area (Å²) >= 11 is 0. The summed E-state index contributed by atoms with van der Waals surface area (Å²) in [6.07, 6.45) is 4.99. The van der Waals surface area contributed by atoms with Crippen LogP contribution in [-0.4, -0.2) is 58.7 Å². The molecule has 0 bridgehead atoms. The third-order valence-corrected chi connectivity index (χ3v) is 6.16. The highest BCUT2D eigenvalue weighted by atomic mass is 19.3. The average molecular weight is 433 g/mol. The van der Waals surface area contributed by atoms with Crippen LogP contribution in [-0.2, 0) is 18.9 Å². The van der Waals surface area contributed by atoms with Crippen molar-refractivity contribution in [3.63, 3.8) is 0 Å². The number of anilines is 2. The molecule has 0 spiro atoms. The molecule has 168 valence electrons. The number of hydrogen-bond acceptors (Lipinski definition) is 7. The lowest BCUT2D eigenvalue weighted by atomic mass is 10.0. The number of methoxy groups -OCH3 is 1. The van der Waals surface area contributed by atoms with E-state index in [-0.39, 0.29) is 11.4 Å². The van der Waals surface area contributed by atoms with Gasteiger partial charge in [-0.15, -0.1) is 0 Å². The first kappa shape index (κ1) is 21.7. The van der Waals surface area contributed by atoms with E-state index >= 15 is 0 Å². The van der Waals surface area contributed by atoms with Gasteiger partial charge in [0.25, 0.3) is 5.92 Å². The van der Waals surface area contributed by atoms with E-state index in [0.717, 1.165) is 49.9 Å². The zero-order chi connectivity index (χ0) is 22.2.